The lowest BCUT2D eigenvalue weighted by Gasteiger charge is -2.24. The standard InChI is InChI=1S/C14H16F3NO2/c15-14(16,17)11-6-13-12(19-8-20-13)5-10(11)4-9-2-1-3-18-7-9/h5-6,9,18H,1-4,7-8H2. The van der Waals surface area contributed by atoms with Gasteiger partial charge in [0.1, 0.15) is 0 Å². The second-order valence-electron chi connectivity index (χ2n) is 5.28. The summed E-state index contributed by atoms with van der Waals surface area (Å²) in [6.07, 6.45) is -1.98. The number of nitrogens with one attached hydrogen (secondary N) is 1. The van der Waals surface area contributed by atoms with Crippen molar-refractivity contribution in [3.63, 3.8) is 0 Å². The fraction of sp³-hybridized carbons (Fsp3) is 0.571. The van der Waals surface area contributed by atoms with E-state index in [4.69, 9.17) is 9.47 Å². The predicted molar refractivity (Wildman–Crippen MR) is 66.9 cm³/mol. The number of hydrogen-bond donors (Lipinski definition) is 1. The normalized spacial score (nSPS) is 22.1. The van der Waals surface area contributed by atoms with Gasteiger partial charge in [-0.15, -0.1) is 0 Å². The van der Waals surface area contributed by atoms with Crippen molar-refractivity contribution >= 4 is 0 Å². The van der Waals surface area contributed by atoms with Crippen LogP contribution in [0.1, 0.15) is 24.0 Å². The number of piperidine rings is 1. The number of halogens is 3. The highest BCUT2D eigenvalue weighted by Gasteiger charge is 2.36. The Kier molecular flexibility index (Phi) is 3.50. The molecule has 1 fully saturated rings. The van der Waals surface area contributed by atoms with Crippen molar-refractivity contribution in [2.24, 2.45) is 5.92 Å². The number of rotatable bonds is 2. The fourth-order valence-electron chi connectivity index (χ4n) is 2.83. The average molecular weight is 287 g/mol. The molecule has 3 nitrogen and oxygen atoms in total. The number of ether oxygens (including phenoxy) is 2. The Morgan fingerprint density at radius 1 is 1.20 bits per heavy atom. The van der Waals surface area contributed by atoms with E-state index in [2.05, 4.69) is 5.32 Å². The zero-order valence-corrected chi connectivity index (χ0v) is 10.9. The summed E-state index contributed by atoms with van der Waals surface area (Å²) in [5.74, 6) is 0.838. The van der Waals surface area contributed by atoms with Gasteiger partial charge in [-0.05, 0) is 56.0 Å². The minimum absolute atomic E-state index is 0.0128. The molecule has 2 aliphatic rings. The second-order valence-corrected chi connectivity index (χ2v) is 5.28. The molecule has 0 radical (unpaired) electrons. The first kappa shape index (κ1) is 13.5. The smallest absolute Gasteiger partial charge is 0.416 e. The lowest BCUT2D eigenvalue weighted by molar-refractivity contribution is -0.138. The molecule has 3 rings (SSSR count). The monoisotopic (exact) mass is 287 g/mol. The van der Waals surface area contributed by atoms with Crippen molar-refractivity contribution < 1.29 is 22.6 Å². The zero-order valence-electron chi connectivity index (χ0n) is 10.9. The Labute approximate surface area is 115 Å². The molecule has 0 bridgehead atoms. The molecule has 6 heteroatoms. The van der Waals surface area contributed by atoms with E-state index < -0.39 is 11.7 Å². The summed E-state index contributed by atoms with van der Waals surface area (Å²) in [4.78, 5) is 0. The number of fused-ring (bicyclic) bond motifs is 1. The Bertz CT molecular complexity index is 496. The third-order valence-corrected chi connectivity index (χ3v) is 3.81. The summed E-state index contributed by atoms with van der Waals surface area (Å²) < 4.78 is 49.7. The molecule has 0 saturated carbocycles. The minimum atomic E-state index is -4.36. The van der Waals surface area contributed by atoms with E-state index in [1.807, 2.05) is 0 Å². The van der Waals surface area contributed by atoms with E-state index in [1.165, 1.54) is 6.07 Å². The lowest BCUT2D eigenvalue weighted by Crippen LogP contribution is -2.31. The maximum Gasteiger partial charge on any atom is 0.416 e. The predicted octanol–water partition coefficient (Wildman–Crippen LogP) is 2.98. The molecule has 1 aromatic rings. The Balaban J connectivity index is 1.91. The second kappa shape index (κ2) is 5.16. The highest BCUT2D eigenvalue weighted by Crippen LogP contribution is 2.42. The van der Waals surface area contributed by atoms with Gasteiger partial charge in [-0.2, -0.15) is 13.2 Å². The van der Waals surface area contributed by atoms with E-state index in [0.29, 0.717) is 17.7 Å². The van der Waals surface area contributed by atoms with Gasteiger partial charge >= 0.3 is 6.18 Å². The van der Waals surface area contributed by atoms with Crippen molar-refractivity contribution in [1.29, 1.82) is 0 Å². The molecule has 110 valence electrons. The van der Waals surface area contributed by atoms with Gasteiger partial charge in [0.05, 0.1) is 5.56 Å². The van der Waals surface area contributed by atoms with Crippen LogP contribution < -0.4 is 14.8 Å². The molecule has 0 aromatic heterocycles. The van der Waals surface area contributed by atoms with Gasteiger partial charge in [-0.25, -0.2) is 0 Å². The molecular formula is C14H16F3NO2. The Morgan fingerprint density at radius 2 is 1.95 bits per heavy atom. The lowest BCUT2D eigenvalue weighted by atomic mass is 9.90. The third kappa shape index (κ3) is 2.70. The Hall–Kier alpha value is -1.43. The van der Waals surface area contributed by atoms with Crippen molar-refractivity contribution in [3.8, 4) is 11.5 Å². The summed E-state index contributed by atoms with van der Waals surface area (Å²) in [6.45, 7) is 1.70. The molecule has 1 saturated heterocycles. The molecule has 2 aliphatic heterocycles. The molecule has 2 heterocycles. The van der Waals surface area contributed by atoms with Crippen LogP contribution in [0.3, 0.4) is 0 Å². The molecular weight excluding hydrogens is 271 g/mol. The molecule has 0 amide bonds. The maximum atomic E-state index is 13.2. The summed E-state index contributed by atoms with van der Waals surface area (Å²) in [7, 11) is 0. The van der Waals surface area contributed by atoms with E-state index in [9.17, 15) is 13.2 Å². The molecule has 0 spiro atoms. The van der Waals surface area contributed by atoms with Gasteiger partial charge in [0.25, 0.3) is 0 Å². The quantitative estimate of drug-likeness (QED) is 0.907. The molecule has 1 N–H and O–H groups in total. The van der Waals surface area contributed by atoms with Crippen LogP contribution in [0.2, 0.25) is 0 Å². The number of benzene rings is 1. The van der Waals surface area contributed by atoms with E-state index >= 15 is 0 Å². The molecule has 1 aromatic carbocycles. The first-order valence-electron chi connectivity index (χ1n) is 6.74. The van der Waals surface area contributed by atoms with Crippen LogP contribution in [0, 0.1) is 5.92 Å². The summed E-state index contributed by atoms with van der Waals surface area (Å²) in [5.41, 5.74) is -0.303. The van der Waals surface area contributed by atoms with Gasteiger partial charge in [0.15, 0.2) is 11.5 Å². The van der Waals surface area contributed by atoms with Gasteiger partial charge in [-0.3, -0.25) is 0 Å². The minimum Gasteiger partial charge on any atom is -0.454 e. The average Bonchev–Trinajstić information content (AvgIpc) is 2.85. The van der Waals surface area contributed by atoms with Crippen LogP contribution in [-0.2, 0) is 12.6 Å². The maximum absolute atomic E-state index is 13.2. The largest absolute Gasteiger partial charge is 0.454 e. The van der Waals surface area contributed by atoms with Crippen LogP contribution >= 0.6 is 0 Å². The molecule has 0 aliphatic carbocycles. The third-order valence-electron chi connectivity index (χ3n) is 3.81. The zero-order chi connectivity index (χ0) is 14.2. The van der Waals surface area contributed by atoms with E-state index in [-0.39, 0.29) is 18.5 Å². The molecule has 20 heavy (non-hydrogen) atoms. The van der Waals surface area contributed by atoms with Crippen LogP contribution in [0.25, 0.3) is 0 Å². The molecule has 1 unspecified atom stereocenters. The summed E-state index contributed by atoms with van der Waals surface area (Å²) >= 11 is 0. The van der Waals surface area contributed by atoms with Gasteiger partial charge in [-0.1, -0.05) is 0 Å². The van der Waals surface area contributed by atoms with Crippen LogP contribution in [0.5, 0.6) is 11.5 Å². The van der Waals surface area contributed by atoms with E-state index in [1.54, 1.807) is 0 Å². The SMILES string of the molecule is FC(F)(F)c1cc2c(cc1CC1CCCNC1)OCO2. The van der Waals surface area contributed by atoms with Crippen molar-refractivity contribution in [3.05, 3.63) is 23.3 Å². The van der Waals surface area contributed by atoms with Crippen molar-refractivity contribution in [1.82, 2.24) is 5.32 Å². The van der Waals surface area contributed by atoms with Crippen molar-refractivity contribution in [2.45, 2.75) is 25.4 Å². The first-order chi connectivity index (χ1) is 9.54. The van der Waals surface area contributed by atoms with Gasteiger partial charge in [0, 0.05) is 0 Å². The summed E-state index contributed by atoms with van der Waals surface area (Å²) in [5, 5.41) is 3.23. The Morgan fingerprint density at radius 3 is 2.60 bits per heavy atom. The number of alkyl halides is 3. The highest BCUT2D eigenvalue weighted by molar-refractivity contribution is 5.49. The van der Waals surface area contributed by atoms with Crippen LogP contribution in [0.4, 0.5) is 13.2 Å². The van der Waals surface area contributed by atoms with Gasteiger partial charge in [0.2, 0.25) is 6.79 Å². The first-order valence-corrected chi connectivity index (χ1v) is 6.74. The summed E-state index contributed by atoms with van der Waals surface area (Å²) in [6, 6.07) is 2.55. The van der Waals surface area contributed by atoms with Crippen LogP contribution in [-0.4, -0.2) is 19.9 Å². The van der Waals surface area contributed by atoms with Crippen LogP contribution in [0.15, 0.2) is 12.1 Å². The van der Waals surface area contributed by atoms with Crippen molar-refractivity contribution in [2.75, 3.05) is 19.9 Å². The van der Waals surface area contributed by atoms with E-state index in [0.717, 1.165) is 32.0 Å². The van der Waals surface area contributed by atoms with Gasteiger partial charge < -0.3 is 14.8 Å². The highest BCUT2D eigenvalue weighted by atomic mass is 19.4. The topological polar surface area (TPSA) is 30.5 Å². The fourth-order valence-corrected chi connectivity index (χ4v) is 2.83. The number of hydrogen-bond acceptors (Lipinski definition) is 3. The molecule has 1 atom stereocenters.